The molecule has 1 aliphatic rings. The summed E-state index contributed by atoms with van der Waals surface area (Å²) in [6.45, 7) is 6.22. The highest BCUT2D eigenvalue weighted by Crippen LogP contribution is 2.36. The van der Waals surface area contributed by atoms with Gasteiger partial charge in [-0.05, 0) is 38.9 Å². The van der Waals surface area contributed by atoms with Crippen molar-refractivity contribution in [3.63, 3.8) is 0 Å². The predicted molar refractivity (Wildman–Crippen MR) is 85.3 cm³/mol. The van der Waals surface area contributed by atoms with Crippen molar-refractivity contribution in [2.45, 2.75) is 44.3 Å². The van der Waals surface area contributed by atoms with Crippen molar-refractivity contribution >= 4 is 23.7 Å². The summed E-state index contributed by atoms with van der Waals surface area (Å²) in [7, 11) is 1.77. The largest absolute Gasteiger partial charge is 0.466 e. The van der Waals surface area contributed by atoms with Crippen molar-refractivity contribution in [3.05, 3.63) is 0 Å². The smallest absolute Gasteiger partial charge is 0.305 e. The minimum atomic E-state index is -0.132. The molecule has 2 N–H and O–H groups in total. The molecule has 0 radical (unpaired) electrons. The third-order valence-electron chi connectivity index (χ3n) is 3.31. The van der Waals surface area contributed by atoms with E-state index in [-0.39, 0.29) is 5.97 Å². The fourth-order valence-corrected chi connectivity index (χ4v) is 3.38. The van der Waals surface area contributed by atoms with Crippen LogP contribution in [0.5, 0.6) is 0 Å². The molecular formula is C14H27N3O2S. The highest BCUT2D eigenvalue weighted by molar-refractivity contribution is 8.00. The summed E-state index contributed by atoms with van der Waals surface area (Å²) in [5, 5.41) is 6.60. The summed E-state index contributed by atoms with van der Waals surface area (Å²) in [4.78, 5) is 15.4. The zero-order valence-corrected chi connectivity index (χ0v) is 13.6. The summed E-state index contributed by atoms with van der Waals surface area (Å²) >= 11 is 2.03. The van der Waals surface area contributed by atoms with Crippen molar-refractivity contribution in [2.75, 3.05) is 32.5 Å². The lowest BCUT2D eigenvalue weighted by atomic mass is 10.1. The van der Waals surface area contributed by atoms with E-state index in [9.17, 15) is 4.79 Å². The lowest BCUT2D eigenvalue weighted by Crippen LogP contribution is -2.43. The van der Waals surface area contributed by atoms with Gasteiger partial charge in [-0.1, -0.05) is 0 Å². The number of rotatable bonds is 7. The van der Waals surface area contributed by atoms with Crippen LogP contribution >= 0.6 is 11.8 Å². The van der Waals surface area contributed by atoms with Gasteiger partial charge < -0.3 is 15.4 Å². The summed E-state index contributed by atoms with van der Waals surface area (Å²) < 4.78 is 5.21. The van der Waals surface area contributed by atoms with E-state index < -0.39 is 0 Å². The average molecular weight is 301 g/mol. The van der Waals surface area contributed by atoms with Gasteiger partial charge in [0, 0.05) is 31.3 Å². The van der Waals surface area contributed by atoms with Crippen LogP contribution < -0.4 is 10.6 Å². The average Bonchev–Trinajstić information content (AvgIpc) is 2.85. The van der Waals surface area contributed by atoms with Gasteiger partial charge in [0.2, 0.25) is 0 Å². The van der Waals surface area contributed by atoms with Crippen molar-refractivity contribution in [2.24, 2.45) is 4.99 Å². The summed E-state index contributed by atoms with van der Waals surface area (Å²) in [6.07, 6.45) is 3.76. The number of nitrogens with one attached hydrogen (secondary N) is 2. The second kappa shape index (κ2) is 9.10. The lowest BCUT2D eigenvalue weighted by Gasteiger charge is -2.24. The standard InChI is InChI=1S/C14H27N3O2S/c1-4-19-12(18)7-5-9-16-13(15-3)17-11-14(2)8-6-10-20-14/h4-11H2,1-3H3,(H2,15,16,17). The molecule has 0 bridgehead atoms. The fourth-order valence-electron chi connectivity index (χ4n) is 2.14. The maximum atomic E-state index is 11.2. The van der Waals surface area contributed by atoms with Crippen LogP contribution in [0, 0.1) is 0 Å². The zero-order chi connectivity index (χ0) is 14.8. The van der Waals surface area contributed by atoms with Gasteiger partial charge in [-0.3, -0.25) is 9.79 Å². The molecular weight excluding hydrogens is 274 g/mol. The molecule has 0 aromatic rings. The van der Waals surface area contributed by atoms with Crippen LogP contribution in [0.15, 0.2) is 4.99 Å². The molecule has 0 aromatic heterocycles. The molecule has 1 saturated heterocycles. The molecule has 1 heterocycles. The molecule has 1 fully saturated rings. The predicted octanol–water partition coefficient (Wildman–Crippen LogP) is 1.78. The number of guanidine groups is 1. The number of ether oxygens (including phenoxy) is 1. The third kappa shape index (κ3) is 6.50. The lowest BCUT2D eigenvalue weighted by molar-refractivity contribution is -0.143. The van der Waals surface area contributed by atoms with Gasteiger partial charge in [-0.2, -0.15) is 11.8 Å². The van der Waals surface area contributed by atoms with E-state index >= 15 is 0 Å². The molecule has 1 atom stereocenters. The number of esters is 1. The molecule has 0 spiro atoms. The molecule has 116 valence electrons. The Balaban J connectivity index is 2.15. The van der Waals surface area contributed by atoms with Crippen LogP contribution in [0.2, 0.25) is 0 Å². The SMILES string of the molecule is CCOC(=O)CCCNC(=NC)NCC1(C)CCCS1. The second-order valence-electron chi connectivity index (χ2n) is 5.16. The first-order valence-electron chi connectivity index (χ1n) is 7.34. The molecule has 1 unspecified atom stereocenters. The first kappa shape index (κ1) is 17.1. The Kier molecular flexibility index (Phi) is 7.80. The third-order valence-corrected chi connectivity index (χ3v) is 4.85. The van der Waals surface area contributed by atoms with Gasteiger partial charge in [0.05, 0.1) is 6.61 Å². The van der Waals surface area contributed by atoms with Crippen LogP contribution in [-0.4, -0.2) is 49.2 Å². The van der Waals surface area contributed by atoms with Crippen LogP contribution in [0.1, 0.15) is 39.5 Å². The Morgan fingerprint density at radius 1 is 1.45 bits per heavy atom. The summed E-state index contributed by atoms with van der Waals surface area (Å²) in [6, 6.07) is 0. The van der Waals surface area contributed by atoms with Crippen LogP contribution in [0.4, 0.5) is 0 Å². The van der Waals surface area contributed by atoms with Crippen LogP contribution in [0.25, 0.3) is 0 Å². The van der Waals surface area contributed by atoms with Gasteiger partial charge in [-0.15, -0.1) is 0 Å². The molecule has 0 aromatic carbocycles. The molecule has 5 nitrogen and oxygen atoms in total. The number of hydrogen-bond acceptors (Lipinski definition) is 4. The number of hydrogen-bond donors (Lipinski definition) is 2. The van der Waals surface area contributed by atoms with Crippen molar-refractivity contribution < 1.29 is 9.53 Å². The first-order valence-corrected chi connectivity index (χ1v) is 8.32. The van der Waals surface area contributed by atoms with Crippen molar-refractivity contribution in [3.8, 4) is 0 Å². The minimum Gasteiger partial charge on any atom is -0.466 e. The fraction of sp³-hybridized carbons (Fsp3) is 0.857. The van der Waals surface area contributed by atoms with Crippen molar-refractivity contribution in [1.82, 2.24) is 10.6 Å². The highest BCUT2D eigenvalue weighted by atomic mass is 32.2. The van der Waals surface area contributed by atoms with E-state index in [1.165, 1.54) is 18.6 Å². The maximum Gasteiger partial charge on any atom is 0.305 e. The Morgan fingerprint density at radius 3 is 2.85 bits per heavy atom. The summed E-state index contributed by atoms with van der Waals surface area (Å²) in [5.74, 6) is 1.93. The minimum absolute atomic E-state index is 0.132. The van der Waals surface area contributed by atoms with Crippen LogP contribution in [-0.2, 0) is 9.53 Å². The van der Waals surface area contributed by atoms with Gasteiger partial charge in [0.1, 0.15) is 0 Å². The maximum absolute atomic E-state index is 11.2. The normalized spacial score (nSPS) is 22.6. The molecule has 6 heteroatoms. The Bertz CT molecular complexity index is 328. The molecule has 0 amide bonds. The first-order chi connectivity index (χ1) is 9.59. The van der Waals surface area contributed by atoms with Gasteiger partial charge in [0.25, 0.3) is 0 Å². The van der Waals surface area contributed by atoms with Crippen LogP contribution in [0.3, 0.4) is 0 Å². The van der Waals surface area contributed by atoms with E-state index in [0.29, 0.717) is 17.8 Å². The Morgan fingerprint density at radius 2 is 2.25 bits per heavy atom. The van der Waals surface area contributed by atoms with E-state index in [1.54, 1.807) is 7.05 Å². The number of thioether (sulfide) groups is 1. The monoisotopic (exact) mass is 301 g/mol. The molecule has 0 saturated carbocycles. The number of carbonyl (C=O) groups excluding carboxylic acids is 1. The number of aliphatic imine (C=N–C) groups is 1. The van der Waals surface area contributed by atoms with Gasteiger partial charge in [0.15, 0.2) is 5.96 Å². The quantitative estimate of drug-likeness (QED) is 0.325. The van der Waals surface area contributed by atoms with E-state index in [4.69, 9.17) is 4.74 Å². The zero-order valence-electron chi connectivity index (χ0n) is 12.8. The van der Waals surface area contributed by atoms with Gasteiger partial charge in [-0.25, -0.2) is 0 Å². The molecule has 1 aliphatic heterocycles. The Labute approximate surface area is 126 Å². The number of nitrogens with zero attached hydrogens (tertiary/aromatic N) is 1. The molecule has 1 rings (SSSR count). The highest BCUT2D eigenvalue weighted by Gasteiger charge is 2.29. The van der Waals surface area contributed by atoms with E-state index in [2.05, 4.69) is 22.5 Å². The van der Waals surface area contributed by atoms with E-state index in [0.717, 1.165) is 25.5 Å². The molecule has 0 aliphatic carbocycles. The van der Waals surface area contributed by atoms with Gasteiger partial charge >= 0.3 is 5.97 Å². The van der Waals surface area contributed by atoms with Crippen molar-refractivity contribution in [1.29, 1.82) is 0 Å². The summed E-state index contributed by atoms with van der Waals surface area (Å²) in [5.41, 5.74) is 0. The molecule has 20 heavy (non-hydrogen) atoms. The second-order valence-corrected chi connectivity index (χ2v) is 6.85. The Hall–Kier alpha value is -0.910. The topological polar surface area (TPSA) is 62.7 Å². The van der Waals surface area contributed by atoms with E-state index in [1.807, 2.05) is 18.7 Å². The number of carbonyl (C=O) groups is 1.